The van der Waals surface area contributed by atoms with Gasteiger partial charge in [-0.1, -0.05) is 22.0 Å². The first-order valence-electron chi connectivity index (χ1n) is 5.63. The summed E-state index contributed by atoms with van der Waals surface area (Å²) in [4.78, 5) is 24.3. The summed E-state index contributed by atoms with van der Waals surface area (Å²) in [5, 5.41) is 0. The first-order valence-corrected chi connectivity index (χ1v) is 6.42. The summed E-state index contributed by atoms with van der Waals surface area (Å²) in [6.07, 6.45) is 0. The molecule has 0 fully saturated rings. The van der Waals surface area contributed by atoms with Crippen LogP contribution >= 0.6 is 15.9 Å². The second kappa shape index (κ2) is 6.54. The van der Waals surface area contributed by atoms with Crippen molar-refractivity contribution in [2.75, 3.05) is 13.7 Å². The van der Waals surface area contributed by atoms with Crippen LogP contribution in [-0.2, 0) is 20.9 Å². The molecule has 1 amide bonds. The summed E-state index contributed by atoms with van der Waals surface area (Å²) in [5.41, 5.74) is 2.06. The third kappa shape index (κ3) is 3.84. The lowest BCUT2D eigenvalue weighted by Gasteiger charge is -2.17. The van der Waals surface area contributed by atoms with Gasteiger partial charge in [-0.05, 0) is 37.1 Å². The Morgan fingerprint density at radius 3 is 2.67 bits per heavy atom. The number of ether oxygens (including phenoxy) is 1. The summed E-state index contributed by atoms with van der Waals surface area (Å²) in [5.74, 6) is -1.44. The highest BCUT2D eigenvalue weighted by Gasteiger charge is 2.20. The molecular weight excluding hydrogens is 298 g/mol. The average molecular weight is 314 g/mol. The van der Waals surface area contributed by atoms with Crippen molar-refractivity contribution in [2.24, 2.45) is 0 Å². The topological polar surface area (TPSA) is 46.6 Å². The fraction of sp³-hybridized carbons (Fsp3) is 0.385. The summed E-state index contributed by atoms with van der Waals surface area (Å²) < 4.78 is 5.62. The van der Waals surface area contributed by atoms with E-state index in [9.17, 15) is 9.59 Å². The Balaban J connectivity index is 2.75. The fourth-order valence-electron chi connectivity index (χ4n) is 1.49. The van der Waals surface area contributed by atoms with E-state index in [1.54, 1.807) is 14.0 Å². The van der Waals surface area contributed by atoms with Gasteiger partial charge in [0, 0.05) is 18.1 Å². The number of halogens is 1. The van der Waals surface area contributed by atoms with Crippen LogP contribution in [0.15, 0.2) is 22.7 Å². The van der Waals surface area contributed by atoms with Gasteiger partial charge < -0.3 is 9.64 Å². The minimum absolute atomic E-state index is 0.203. The van der Waals surface area contributed by atoms with Crippen LogP contribution in [0.2, 0.25) is 0 Å². The zero-order chi connectivity index (χ0) is 13.7. The normalized spacial score (nSPS) is 10.0. The molecule has 0 N–H and O–H groups in total. The van der Waals surface area contributed by atoms with E-state index < -0.39 is 11.9 Å². The predicted molar refractivity (Wildman–Crippen MR) is 72.0 cm³/mol. The highest BCUT2D eigenvalue weighted by Crippen LogP contribution is 2.17. The number of carbonyl (C=O) groups is 2. The van der Waals surface area contributed by atoms with E-state index in [1.165, 1.54) is 4.90 Å². The Morgan fingerprint density at radius 2 is 2.06 bits per heavy atom. The van der Waals surface area contributed by atoms with Crippen LogP contribution in [0.5, 0.6) is 0 Å². The molecule has 0 aliphatic carbocycles. The van der Waals surface area contributed by atoms with E-state index in [0.717, 1.165) is 15.6 Å². The van der Waals surface area contributed by atoms with Crippen LogP contribution in [0.1, 0.15) is 18.1 Å². The van der Waals surface area contributed by atoms with Crippen LogP contribution in [0.3, 0.4) is 0 Å². The van der Waals surface area contributed by atoms with Gasteiger partial charge in [0.15, 0.2) is 0 Å². The Kier molecular flexibility index (Phi) is 5.34. The summed E-state index contributed by atoms with van der Waals surface area (Å²) in [7, 11) is 1.58. The Hall–Kier alpha value is -1.36. The van der Waals surface area contributed by atoms with E-state index >= 15 is 0 Å². The number of benzene rings is 1. The molecule has 1 aromatic rings. The number of nitrogens with zero attached hydrogens (tertiary/aromatic N) is 1. The van der Waals surface area contributed by atoms with Crippen LogP contribution in [0, 0.1) is 6.92 Å². The van der Waals surface area contributed by atoms with Gasteiger partial charge in [-0.2, -0.15) is 0 Å². The predicted octanol–water partition coefficient (Wildman–Crippen LogP) is 2.28. The van der Waals surface area contributed by atoms with Crippen molar-refractivity contribution in [1.29, 1.82) is 0 Å². The van der Waals surface area contributed by atoms with E-state index in [4.69, 9.17) is 0 Å². The molecule has 0 heterocycles. The van der Waals surface area contributed by atoms with Crippen molar-refractivity contribution >= 4 is 27.8 Å². The molecule has 0 aromatic heterocycles. The first kappa shape index (κ1) is 14.7. The number of aryl methyl sites for hydroxylation is 1. The molecule has 1 rings (SSSR count). The van der Waals surface area contributed by atoms with Crippen LogP contribution in [0.4, 0.5) is 0 Å². The van der Waals surface area contributed by atoms with Gasteiger partial charge in [0.25, 0.3) is 0 Å². The second-order valence-electron chi connectivity index (χ2n) is 3.95. The van der Waals surface area contributed by atoms with E-state index in [1.807, 2.05) is 25.1 Å². The molecule has 0 bridgehead atoms. The van der Waals surface area contributed by atoms with Crippen molar-refractivity contribution in [3.8, 4) is 0 Å². The SMILES string of the molecule is CCOC(=O)C(=O)N(C)Cc1cc(Br)ccc1C. The van der Waals surface area contributed by atoms with E-state index in [-0.39, 0.29) is 6.61 Å². The van der Waals surface area contributed by atoms with Crippen LogP contribution in [0.25, 0.3) is 0 Å². The van der Waals surface area contributed by atoms with Gasteiger partial charge in [0.2, 0.25) is 0 Å². The quantitative estimate of drug-likeness (QED) is 0.635. The number of hydrogen-bond acceptors (Lipinski definition) is 3. The van der Waals surface area contributed by atoms with E-state index in [2.05, 4.69) is 20.7 Å². The summed E-state index contributed by atoms with van der Waals surface area (Å²) in [6, 6.07) is 5.83. The lowest BCUT2D eigenvalue weighted by atomic mass is 10.1. The van der Waals surface area contributed by atoms with E-state index in [0.29, 0.717) is 6.54 Å². The molecule has 0 aliphatic rings. The van der Waals surface area contributed by atoms with Gasteiger partial charge >= 0.3 is 11.9 Å². The lowest BCUT2D eigenvalue weighted by molar-refractivity contribution is -0.159. The van der Waals surface area contributed by atoms with Gasteiger partial charge in [-0.15, -0.1) is 0 Å². The third-order valence-corrected chi connectivity index (χ3v) is 3.01. The van der Waals surface area contributed by atoms with Crippen molar-refractivity contribution in [3.63, 3.8) is 0 Å². The average Bonchev–Trinajstić information content (AvgIpc) is 2.33. The Labute approximate surface area is 115 Å². The summed E-state index contributed by atoms with van der Waals surface area (Å²) in [6.45, 7) is 4.21. The number of hydrogen-bond donors (Lipinski definition) is 0. The monoisotopic (exact) mass is 313 g/mol. The number of carbonyl (C=O) groups excluding carboxylic acids is 2. The number of amides is 1. The summed E-state index contributed by atoms with van der Waals surface area (Å²) >= 11 is 3.38. The molecule has 0 saturated carbocycles. The highest BCUT2D eigenvalue weighted by molar-refractivity contribution is 9.10. The lowest BCUT2D eigenvalue weighted by Crippen LogP contribution is -2.34. The van der Waals surface area contributed by atoms with Gasteiger partial charge in [0.05, 0.1) is 6.61 Å². The van der Waals surface area contributed by atoms with Crippen LogP contribution in [-0.4, -0.2) is 30.4 Å². The van der Waals surface area contributed by atoms with Crippen molar-refractivity contribution in [1.82, 2.24) is 4.90 Å². The Morgan fingerprint density at radius 1 is 1.39 bits per heavy atom. The van der Waals surface area contributed by atoms with Crippen molar-refractivity contribution in [2.45, 2.75) is 20.4 Å². The molecule has 0 unspecified atom stereocenters. The number of esters is 1. The molecule has 5 heteroatoms. The number of rotatable bonds is 3. The van der Waals surface area contributed by atoms with Crippen molar-refractivity contribution < 1.29 is 14.3 Å². The highest BCUT2D eigenvalue weighted by atomic mass is 79.9. The van der Waals surface area contributed by atoms with Gasteiger partial charge in [-0.25, -0.2) is 4.79 Å². The minimum Gasteiger partial charge on any atom is -0.459 e. The molecule has 18 heavy (non-hydrogen) atoms. The molecule has 4 nitrogen and oxygen atoms in total. The molecule has 0 radical (unpaired) electrons. The maximum absolute atomic E-state index is 11.7. The van der Waals surface area contributed by atoms with Gasteiger partial charge in [0.1, 0.15) is 0 Å². The van der Waals surface area contributed by atoms with Crippen molar-refractivity contribution in [3.05, 3.63) is 33.8 Å². The molecule has 0 aliphatic heterocycles. The zero-order valence-corrected chi connectivity index (χ0v) is 12.3. The smallest absolute Gasteiger partial charge is 0.397 e. The number of likely N-dealkylation sites (N-methyl/N-ethyl adjacent to an activating group) is 1. The van der Waals surface area contributed by atoms with Crippen LogP contribution < -0.4 is 0 Å². The zero-order valence-electron chi connectivity index (χ0n) is 10.7. The molecule has 0 spiro atoms. The minimum atomic E-state index is -0.812. The maximum atomic E-state index is 11.7. The second-order valence-corrected chi connectivity index (χ2v) is 4.87. The Bertz CT molecular complexity index is 460. The maximum Gasteiger partial charge on any atom is 0.397 e. The molecule has 98 valence electrons. The van der Waals surface area contributed by atoms with Gasteiger partial charge in [-0.3, -0.25) is 4.79 Å². The fourth-order valence-corrected chi connectivity index (χ4v) is 1.89. The largest absolute Gasteiger partial charge is 0.459 e. The standard InChI is InChI=1S/C13H16BrNO3/c1-4-18-13(17)12(16)15(3)8-10-7-11(14)6-5-9(10)2/h5-7H,4,8H2,1-3H3. The molecule has 1 aromatic carbocycles. The molecule has 0 atom stereocenters. The molecular formula is C13H16BrNO3. The first-order chi connectivity index (χ1) is 8.45. The molecule has 0 saturated heterocycles. The third-order valence-electron chi connectivity index (χ3n) is 2.52.